The van der Waals surface area contributed by atoms with Crippen LogP contribution >= 0.6 is 11.8 Å². The summed E-state index contributed by atoms with van der Waals surface area (Å²) in [6.07, 6.45) is -2.55. The number of rotatable bonds is 2. The van der Waals surface area contributed by atoms with Crippen molar-refractivity contribution in [2.24, 2.45) is 5.92 Å². The Morgan fingerprint density at radius 1 is 1.11 bits per heavy atom. The Bertz CT molecular complexity index is 876. The zero-order valence-electron chi connectivity index (χ0n) is 14.5. The van der Waals surface area contributed by atoms with Crippen LogP contribution in [0.2, 0.25) is 0 Å². The molecule has 0 aromatic heterocycles. The summed E-state index contributed by atoms with van der Waals surface area (Å²) in [7, 11) is 0. The third kappa shape index (κ3) is 3.84. The van der Waals surface area contributed by atoms with E-state index in [1.165, 1.54) is 17.8 Å². The van der Waals surface area contributed by atoms with E-state index in [0.29, 0.717) is 24.2 Å². The first-order valence-electron chi connectivity index (χ1n) is 8.93. The first kappa shape index (κ1) is 18.4. The average molecular weight is 392 g/mol. The van der Waals surface area contributed by atoms with Crippen molar-refractivity contribution in [1.82, 2.24) is 5.32 Å². The Morgan fingerprint density at radius 3 is 2.59 bits per heavy atom. The number of carbonyl (C=O) groups excluding carboxylic acids is 1. The lowest BCUT2D eigenvalue weighted by molar-refractivity contribution is -0.137. The minimum atomic E-state index is -4.46. The highest BCUT2D eigenvalue weighted by Crippen LogP contribution is 2.45. The molecule has 0 atom stereocenters. The van der Waals surface area contributed by atoms with Gasteiger partial charge in [-0.05, 0) is 55.3 Å². The molecule has 3 nitrogen and oxygen atoms in total. The number of nitrogens with one attached hydrogen (secondary N) is 2. The molecular formula is C20H19F3N2OS. The number of fused-ring (bicyclic) bond motifs is 2. The van der Waals surface area contributed by atoms with Crippen molar-refractivity contribution in [1.29, 1.82) is 0 Å². The van der Waals surface area contributed by atoms with E-state index in [-0.39, 0.29) is 17.5 Å². The second kappa shape index (κ2) is 7.20. The summed E-state index contributed by atoms with van der Waals surface area (Å²) in [4.78, 5) is 14.2. The van der Waals surface area contributed by atoms with Crippen LogP contribution in [0.3, 0.4) is 0 Å². The Kier molecular flexibility index (Phi) is 4.90. The van der Waals surface area contributed by atoms with E-state index in [9.17, 15) is 18.0 Å². The highest BCUT2D eigenvalue weighted by Gasteiger charge is 2.34. The summed E-state index contributed by atoms with van der Waals surface area (Å²) in [6.45, 7) is 1.50. The van der Waals surface area contributed by atoms with Crippen LogP contribution in [-0.4, -0.2) is 19.0 Å². The van der Waals surface area contributed by atoms with Crippen LogP contribution in [0.4, 0.5) is 18.9 Å². The minimum Gasteiger partial charge on any atom is -0.326 e. The molecular weight excluding hydrogens is 373 g/mol. The van der Waals surface area contributed by atoms with Gasteiger partial charge in [-0.3, -0.25) is 4.79 Å². The van der Waals surface area contributed by atoms with E-state index in [1.54, 1.807) is 0 Å². The molecule has 2 aromatic carbocycles. The molecule has 0 aliphatic carbocycles. The van der Waals surface area contributed by atoms with E-state index in [1.807, 2.05) is 24.3 Å². The molecule has 2 aliphatic heterocycles. The smallest absolute Gasteiger partial charge is 0.326 e. The Labute approximate surface area is 159 Å². The zero-order chi connectivity index (χ0) is 19.0. The van der Waals surface area contributed by atoms with Crippen LogP contribution in [-0.2, 0) is 17.4 Å². The molecule has 0 spiro atoms. The van der Waals surface area contributed by atoms with Crippen LogP contribution < -0.4 is 10.6 Å². The van der Waals surface area contributed by atoms with Crippen LogP contribution in [0.15, 0.2) is 46.2 Å². The number of hydrogen-bond donors (Lipinski definition) is 2. The van der Waals surface area contributed by atoms with Gasteiger partial charge in [0.1, 0.15) is 0 Å². The number of hydrogen-bond acceptors (Lipinski definition) is 3. The minimum absolute atomic E-state index is 0.167. The third-order valence-corrected chi connectivity index (χ3v) is 6.27. The summed E-state index contributed by atoms with van der Waals surface area (Å²) in [6, 6.07) is 9.95. The normalized spacial score (nSPS) is 17.1. The Morgan fingerprint density at radius 2 is 1.85 bits per heavy atom. The highest BCUT2D eigenvalue weighted by atomic mass is 32.2. The van der Waals surface area contributed by atoms with Crippen LogP contribution in [0, 0.1) is 5.92 Å². The molecule has 0 radical (unpaired) electrons. The number of alkyl halides is 3. The Hall–Kier alpha value is -1.99. The number of benzene rings is 2. The van der Waals surface area contributed by atoms with E-state index < -0.39 is 11.7 Å². The molecule has 7 heteroatoms. The van der Waals surface area contributed by atoms with Gasteiger partial charge >= 0.3 is 6.18 Å². The van der Waals surface area contributed by atoms with Gasteiger partial charge in [-0.25, -0.2) is 0 Å². The number of carbonyl (C=O) groups is 1. The fourth-order valence-electron chi connectivity index (χ4n) is 3.57. The van der Waals surface area contributed by atoms with Crippen molar-refractivity contribution < 1.29 is 18.0 Å². The molecule has 4 rings (SSSR count). The number of halogens is 3. The van der Waals surface area contributed by atoms with Gasteiger partial charge in [0.05, 0.1) is 5.56 Å². The van der Waals surface area contributed by atoms with E-state index in [2.05, 4.69) is 10.6 Å². The van der Waals surface area contributed by atoms with Gasteiger partial charge in [-0.1, -0.05) is 30.0 Å². The predicted octanol–water partition coefficient (Wildman–Crippen LogP) is 4.70. The maximum Gasteiger partial charge on any atom is 0.416 e. The molecule has 1 saturated heterocycles. The fraction of sp³-hybridized carbons (Fsp3) is 0.350. The molecule has 0 bridgehead atoms. The molecule has 1 amide bonds. The molecule has 2 aliphatic rings. The largest absolute Gasteiger partial charge is 0.416 e. The quantitative estimate of drug-likeness (QED) is 0.664. The van der Waals surface area contributed by atoms with Gasteiger partial charge in [0.25, 0.3) is 0 Å². The van der Waals surface area contributed by atoms with Crippen molar-refractivity contribution >= 4 is 23.4 Å². The molecule has 0 saturated carbocycles. The standard InChI is InChI=1S/C20H19F3N2OS/c21-20(22,23)14-10-16(25-19(26)12-5-7-24-8-6-12)15-9-13-3-1-2-4-17(13)27-18(15)11-14/h1-4,10-12,24H,5-9H2,(H,25,26). The summed E-state index contributed by atoms with van der Waals surface area (Å²) in [5, 5.41) is 5.99. The van der Waals surface area contributed by atoms with Crippen LogP contribution in [0.1, 0.15) is 29.5 Å². The van der Waals surface area contributed by atoms with Crippen molar-refractivity contribution in [3.05, 3.63) is 53.1 Å². The maximum atomic E-state index is 13.4. The topological polar surface area (TPSA) is 41.1 Å². The van der Waals surface area contributed by atoms with Crippen LogP contribution in [0.25, 0.3) is 0 Å². The number of amides is 1. The number of anilines is 1. The lowest BCUT2D eigenvalue weighted by atomic mass is 9.96. The Balaban J connectivity index is 1.70. The third-order valence-electron chi connectivity index (χ3n) is 5.06. The van der Waals surface area contributed by atoms with Gasteiger partial charge in [0, 0.05) is 27.8 Å². The summed E-state index contributed by atoms with van der Waals surface area (Å²) in [5.41, 5.74) is 1.38. The maximum absolute atomic E-state index is 13.4. The first-order chi connectivity index (χ1) is 12.9. The van der Waals surface area contributed by atoms with Crippen molar-refractivity contribution in [3.8, 4) is 0 Å². The lowest BCUT2D eigenvalue weighted by Crippen LogP contribution is -2.34. The molecule has 0 unspecified atom stereocenters. The predicted molar refractivity (Wildman–Crippen MR) is 99.0 cm³/mol. The SMILES string of the molecule is O=C(Nc1cc(C(F)(F)F)cc2c1Cc1ccccc1S2)C1CCNCC1. The first-order valence-corrected chi connectivity index (χ1v) is 9.75. The van der Waals surface area contributed by atoms with E-state index in [4.69, 9.17) is 0 Å². The molecule has 142 valence electrons. The van der Waals surface area contributed by atoms with Gasteiger partial charge in [-0.15, -0.1) is 0 Å². The van der Waals surface area contributed by atoms with Gasteiger partial charge in [0.15, 0.2) is 0 Å². The zero-order valence-corrected chi connectivity index (χ0v) is 15.3. The van der Waals surface area contributed by atoms with Crippen molar-refractivity contribution in [3.63, 3.8) is 0 Å². The second-order valence-electron chi connectivity index (χ2n) is 6.90. The summed E-state index contributed by atoms with van der Waals surface area (Å²) in [5.74, 6) is -0.359. The average Bonchev–Trinajstić information content (AvgIpc) is 2.66. The monoisotopic (exact) mass is 392 g/mol. The second-order valence-corrected chi connectivity index (χ2v) is 7.98. The van der Waals surface area contributed by atoms with E-state index in [0.717, 1.165) is 35.2 Å². The number of piperidine rings is 1. The lowest BCUT2D eigenvalue weighted by Gasteiger charge is -2.26. The fourth-order valence-corrected chi connectivity index (χ4v) is 4.72. The van der Waals surface area contributed by atoms with Gasteiger partial charge in [0.2, 0.25) is 5.91 Å². The summed E-state index contributed by atoms with van der Waals surface area (Å²) < 4.78 is 40.2. The molecule has 1 fully saturated rings. The summed E-state index contributed by atoms with van der Waals surface area (Å²) >= 11 is 1.33. The van der Waals surface area contributed by atoms with Gasteiger partial charge < -0.3 is 10.6 Å². The molecule has 2 N–H and O–H groups in total. The molecule has 2 aromatic rings. The highest BCUT2D eigenvalue weighted by molar-refractivity contribution is 7.99. The van der Waals surface area contributed by atoms with Crippen LogP contribution in [0.5, 0.6) is 0 Å². The molecule has 2 heterocycles. The molecule has 27 heavy (non-hydrogen) atoms. The van der Waals surface area contributed by atoms with Gasteiger partial charge in [-0.2, -0.15) is 13.2 Å². The van der Waals surface area contributed by atoms with Crippen molar-refractivity contribution in [2.75, 3.05) is 18.4 Å². The van der Waals surface area contributed by atoms with E-state index >= 15 is 0 Å². The van der Waals surface area contributed by atoms with Crippen molar-refractivity contribution in [2.45, 2.75) is 35.2 Å².